The van der Waals surface area contributed by atoms with Crippen LogP contribution in [-0.2, 0) is 11.2 Å². The van der Waals surface area contributed by atoms with Gasteiger partial charge in [0.15, 0.2) is 6.23 Å². The maximum atomic E-state index is 12.6. The van der Waals surface area contributed by atoms with Gasteiger partial charge < -0.3 is 19.7 Å². The molecule has 4 rings (SSSR count). The zero-order chi connectivity index (χ0) is 22.1. The van der Waals surface area contributed by atoms with Crippen LogP contribution in [0.25, 0.3) is 11.1 Å². The lowest BCUT2D eigenvalue weighted by Gasteiger charge is -2.28. The van der Waals surface area contributed by atoms with Crippen molar-refractivity contribution >= 4 is 17.7 Å². The summed E-state index contributed by atoms with van der Waals surface area (Å²) in [4.78, 5) is 25.0. The number of rotatable bonds is 5. The van der Waals surface area contributed by atoms with Gasteiger partial charge in [0.25, 0.3) is 0 Å². The lowest BCUT2D eigenvalue weighted by Crippen LogP contribution is -2.42. The maximum absolute atomic E-state index is 12.6. The Balaban J connectivity index is 1.62. The second-order valence-electron chi connectivity index (χ2n) is 7.22. The number of phenols is 1. The van der Waals surface area contributed by atoms with Gasteiger partial charge in [0.1, 0.15) is 17.1 Å². The van der Waals surface area contributed by atoms with Crippen molar-refractivity contribution in [1.29, 1.82) is 0 Å². The van der Waals surface area contributed by atoms with E-state index in [1.807, 2.05) is 30.3 Å². The van der Waals surface area contributed by atoms with Gasteiger partial charge in [-0.1, -0.05) is 30.3 Å². The third-order valence-corrected chi connectivity index (χ3v) is 5.30. The molecular formula is C24H21NO6. The predicted molar refractivity (Wildman–Crippen MR) is 115 cm³/mol. The van der Waals surface area contributed by atoms with E-state index in [0.29, 0.717) is 5.69 Å². The Kier molecular flexibility index (Phi) is 5.25. The van der Waals surface area contributed by atoms with Gasteiger partial charge in [-0.25, -0.2) is 14.5 Å². The number of methoxy groups -OCH3 is 1. The third-order valence-electron chi connectivity index (χ3n) is 5.30. The Morgan fingerprint density at radius 1 is 1.00 bits per heavy atom. The molecule has 1 unspecified atom stereocenters. The molecule has 3 aromatic rings. The quantitative estimate of drug-likeness (QED) is 0.457. The van der Waals surface area contributed by atoms with Crippen molar-refractivity contribution in [2.75, 3.05) is 12.0 Å². The normalized spacial score (nSPS) is 12.5. The molecule has 7 nitrogen and oxygen atoms in total. The van der Waals surface area contributed by atoms with Crippen LogP contribution in [0.4, 0.5) is 10.5 Å². The molecule has 158 valence electrons. The minimum atomic E-state index is -1.24. The molecule has 0 radical (unpaired) electrons. The van der Waals surface area contributed by atoms with Gasteiger partial charge in [-0.15, -0.1) is 0 Å². The van der Waals surface area contributed by atoms with Crippen LogP contribution < -0.4 is 9.64 Å². The number of carboxylic acid groups (broad SMARTS) is 1. The summed E-state index contributed by atoms with van der Waals surface area (Å²) in [6.07, 6.45) is -0.618. The lowest BCUT2D eigenvalue weighted by atomic mass is 10.1. The van der Waals surface area contributed by atoms with Crippen LogP contribution in [0.1, 0.15) is 28.4 Å². The number of nitrogens with zero attached hydrogens (tertiary/aromatic N) is 1. The highest BCUT2D eigenvalue weighted by atomic mass is 16.6. The number of ether oxygens (including phenoxy) is 2. The maximum Gasteiger partial charge on any atom is 0.416 e. The van der Waals surface area contributed by atoms with Crippen LogP contribution in [-0.4, -0.2) is 35.6 Å². The molecule has 0 aromatic heterocycles. The Morgan fingerprint density at radius 3 is 2.45 bits per heavy atom. The SMILES string of the molecule is COC(=O)N(c1ccc2c(c1)Cc1ccccc1-2)C(C)Oc1ccc(C(=O)O)c(O)c1. The highest BCUT2D eigenvalue weighted by Gasteiger charge is 2.27. The molecule has 31 heavy (non-hydrogen) atoms. The number of carbonyl (C=O) groups excluding carboxylic acids is 1. The summed E-state index contributed by atoms with van der Waals surface area (Å²) < 4.78 is 10.8. The minimum absolute atomic E-state index is 0.220. The first-order chi connectivity index (χ1) is 14.9. The number of carboxylic acids is 1. The average molecular weight is 419 g/mol. The molecule has 7 heteroatoms. The zero-order valence-corrected chi connectivity index (χ0v) is 17.0. The molecule has 0 fully saturated rings. The van der Waals surface area contributed by atoms with Crippen molar-refractivity contribution in [3.8, 4) is 22.6 Å². The number of anilines is 1. The van der Waals surface area contributed by atoms with Crippen molar-refractivity contribution in [1.82, 2.24) is 0 Å². The Morgan fingerprint density at radius 2 is 1.74 bits per heavy atom. The van der Waals surface area contributed by atoms with E-state index in [1.165, 1.54) is 41.3 Å². The highest BCUT2D eigenvalue weighted by Crippen LogP contribution is 2.38. The van der Waals surface area contributed by atoms with Gasteiger partial charge in [0.2, 0.25) is 0 Å². The molecule has 0 saturated carbocycles. The van der Waals surface area contributed by atoms with Gasteiger partial charge in [0.05, 0.1) is 12.8 Å². The fraction of sp³-hybridized carbons (Fsp3) is 0.167. The van der Waals surface area contributed by atoms with Crippen LogP contribution in [0.15, 0.2) is 60.7 Å². The van der Waals surface area contributed by atoms with Gasteiger partial charge >= 0.3 is 12.1 Å². The molecule has 0 saturated heterocycles. The molecule has 0 bridgehead atoms. The Labute approximate surface area is 179 Å². The van der Waals surface area contributed by atoms with Gasteiger partial charge in [-0.05, 0) is 59.9 Å². The van der Waals surface area contributed by atoms with E-state index in [0.717, 1.165) is 17.5 Å². The summed E-state index contributed by atoms with van der Waals surface area (Å²) in [5.74, 6) is -1.44. The Bertz CT molecular complexity index is 1170. The number of amides is 1. The standard InChI is InChI=1S/C24H21NO6/c1-14(31-18-8-10-21(23(27)28)22(26)13-18)25(24(29)30-2)17-7-9-20-16(12-17)11-15-5-3-4-6-19(15)20/h3-10,12-14,26H,11H2,1-2H3,(H,27,28). The molecule has 0 spiro atoms. The summed E-state index contributed by atoms with van der Waals surface area (Å²) in [6, 6.07) is 17.8. The fourth-order valence-corrected chi connectivity index (χ4v) is 3.86. The third kappa shape index (κ3) is 3.77. The number of aromatic hydroxyl groups is 1. The Hall–Kier alpha value is -4.00. The highest BCUT2D eigenvalue weighted by molar-refractivity contribution is 5.91. The van der Waals surface area contributed by atoms with E-state index >= 15 is 0 Å². The fourth-order valence-electron chi connectivity index (χ4n) is 3.86. The van der Waals surface area contributed by atoms with E-state index < -0.39 is 24.0 Å². The zero-order valence-electron chi connectivity index (χ0n) is 17.0. The van der Waals surface area contributed by atoms with Gasteiger partial charge in [-0.2, -0.15) is 0 Å². The van der Waals surface area contributed by atoms with E-state index in [1.54, 1.807) is 6.92 Å². The lowest BCUT2D eigenvalue weighted by molar-refractivity contribution is 0.0693. The molecule has 1 aliphatic rings. The van der Waals surface area contributed by atoms with Gasteiger partial charge in [-0.3, -0.25) is 0 Å². The number of aromatic carboxylic acids is 1. The molecule has 1 aliphatic carbocycles. The first-order valence-corrected chi connectivity index (χ1v) is 9.70. The van der Waals surface area contributed by atoms with Crippen LogP contribution in [0.2, 0.25) is 0 Å². The summed E-state index contributed by atoms with van der Waals surface area (Å²) in [7, 11) is 1.29. The molecular weight excluding hydrogens is 398 g/mol. The predicted octanol–water partition coefficient (Wildman–Crippen LogP) is 4.66. The molecule has 3 aromatic carbocycles. The number of hydrogen-bond acceptors (Lipinski definition) is 5. The molecule has 1 amide bonds. The molecule has 0 heterocycles. The molecule has 2 N–H and O–H groups in total. The van der Waals surface area contributed by atoms with Crippen molar-refractivity contribution in [3.05, 3.63) is 77.4 Å². The number of carbonyl (C=O) groups is 2. The summed E-state index contributed by atoms with van der Waals surface area (Å²) in [5.41, 5.74) is 5.03. The van der Waals surface area contributed by atoms with E-state index in [4.69, 9.17) is 14.6 Å². The topological polar surface area (TPSA) is 96.3 Å². The van der Waals surface area contributed by atoms with Crippen LogP contribution >= 0.6 is 0 Å². The summed E-state index contributed by atoms with van der Waals surface area (Å²) in [5, 5.41) is 19.0. The van der Waals surface area contributed by atoms with Crippen molar-refractivity contribution < 1.29 is 29.3 Å². The van der Waals surface area contributed by atoms with Gasteiger partial charge in [0, 0.05) is 6.07 Å². The van der Waals surface area contributed by atoms with E-state index in [-0.39, 0.29) is 11.3 Å². The van der Waals surface area contributed by atoms with Crippen LogP contribution in [0.3, 0.4) is 0 Å². The minimum Gasteiger partial charge on any atom is -0.507 e. The van der Waals surface area contributed by atoms with E-state index in [9.17, 15) is 14.7 Å². The van der Waals surface area contributed by atoms with E-state index in [2.05, 4.69) is 12.1 Å². The molecule has 1 atom stereocenters. The number of fused-ring (bicyclic) bond motifs is 3. The largest absolute Gasteiger partial charge is 0.507 e. The smallest absolute Gasteiger partial charge is 0.416 e. The molecule has 0 aliphatic heterocycles. The van der Waals surface area contributed by atoms with Crippen LogP contribution in [0, 0.1) is 0 Å². The summed E-state index contributed by atoms with van der Waals surface area (Å²) in [6.45, 7) is 1.67. The average Bonchev–Trinajstić information content (AvgIpc) is 3.11. The second kappa shape index (κ2) is 8.02. The number of benzene rings is 3. The first-order valence-electron chi connectivity index (χ1n) is 9.70. The monoisotopic (exact) mass is 419 g/mol. The van der Waals surface area contributed by atoms with Crippen molar-refractivity contribution in [2.45, 2.75) is 19.6 Å². The van der Waals surface area contributed by atoms with Crippen molar-refractivity contribution in [2.24, 2.45) is 0 Å². The first kappa shape index (κ1) is 20.3. The second-order valence-corrected chi connectivity index (χ2v) is 7.22. The van der Waals surface area contributed by atoms with Crippen LogP contribution in [0.5, 0.6) is 11.5 Å². The van der Waals surface area contributed by atoms with Crippen molar-refractivity contribution in [3.63, 3.8) is 0 Å². The number of hydrogen-bond donors (Lipinski definition) is 2. The summed E-state index contributed by atoms with van der Waals surface area (Å²) >= 11 is 0.